The van der Waals surface area contributed by atoms with Crippen molar-refractivity contribution in [3.63, 3.8) is 0 Å². The number of hydrogen-bond acceptors (Lipinski definition) is 20. The van der Waals surface area contributed by atoms with Crippen molar-refractivity contribution < 1.29 is 125 Å². The van der Waals surface area contributed by atoms with Crippen molar-refractivity contribution in [2.75, 3.05) is 0 Å². The van der Waals surface area contributed by atoms with Crippen LogP contribution in [-0.2, 0) is 106 Å². The first-order valence-corrected chi connectivity index (χ1v) is 27.0. The van der Waals surface area contributed by atoms with Crippen molar-refractivity contribution >= 4 is 27.6 Å². The Kier molecular flexibility index (Phi) is 30.0. The predicted octanol–water partition coefficient (Wildman–Crippen LogP) is -3.10. The van der Waals surface area contributed by atoms with Crippen LogP contribution in [0.1, 0.15) is 68.9 Å². The monoisotopic (exact) mass is 1230 g/mol. The molecule has 3 aromatic heterocycles. The molecule has 0 bridgehead atoms. The predicted molar refractivity (Wildman–Crippen MR) is 250 cm³/mol. The zero-order valence-corrected chi connectivity index (χ0v) is 46.8. The fraction of sp³-hybridized carbons (Fsp3) is 0.226. The Hall–Kier alpha value is -5.96. The van der Waals surface area contributed by atoms with Crippen molar-refractivity contribution in [2.24, 2.45) is 0 Å². The van der Waals surface area contributed by atoms with Crippen molar-refractivity contribution in [1.29, 1.82) is 0 Å². The van der Waals surface area contributed by atoms with E-state index in [0.717, 1.165) is 44.9 Å². The number of aliphatic carboxylic acids is 2. The van der Waals surface area contributed by atoms with Gasteiger partial charge in [-0.25, -0.2) is 45.7 Å². The molecular formula is C53H52Cl2Fe2N6O15S. The molecule has 2 radical (unpaired) electrons. The molecule has 21 nitrogen and oxygen atoms in total. The largest absolute Gasteiger partial charge is 3.00 e. The van der Waals surface area contributed by atoms with E-state index in [1.54, 1.807) is 61.1 Å². The Balaban J connectivity index is 0.000000630. The average molecular weight is 1230 g/mol. The van der Waals surface area contributed by atoms with Crippen LogP contribution in [0.25, 0.3) is 4.72 Å². The van der Waals surface area contributed by atoms with Gasteiger partial charge in [-0.15, -0.1) is 26.2 Å². The Morgan fingerprint density at radius 1 is 0.494 bits per heavy atom. The van der Waals surface area contributed by atoms with Crippen molar-refractivity contribution in [3.05, 3.63) is 219 Å². The van der Waals surface area contributed by atoms with Crippen molar-refractivity contribution in [2.45, 2.75) is 83.7 Å². The van der Waals surface area contributed by atoms with Crippen LogP contribution in [-0.4, -0.2) is 45.1 Å². The molecule has 0 N–H and O–H groups in total. The van der Waals surface area contributed by atoms with Gasteiger partial charge in [-0.05, 0) is 116 Å². The van der Waals surface area contributed by atoms with Gasteiger partial charge in [0.2, 0.25) is 0 Å². The Labute approximate surface area is 483 Å². The van der Waals surface area contributed by atoms with Crippen LogP contribution in [0.4, 0.5) is 5.69 Å². The summed E-state index contributed by atoms with van der Waals surface area (Å²) in [6.07, 6.45) is 6.05. The number of carbonyl (C=O) groups is 2. The number of hydrogen-bond donors (Lipinski definition) is 0. The van der Waals surface area contributed by atoms with E-state index in [-0.39, 0.29) is 57.6 Å². The molecule has 0 unspecified atom stereocenters. The molecule has 79 heavy (non-hydrogen) atoms. The second-order valence-electron chi connectivity index (χ2n) is 17.0. The number of rotatable bonds is 21. The van der Waals surface area contributed by atoms with Gasteiger partial charge in [0.05, 0.1) is 22.0 Å². The van der Waals surface area contributed by atoms with Crippen LogP contribution in [0.5, 0.6) is 5.75 Å². The fourth-order valence-electron chi connectivity index (χ4n) is 7.44. The zero-order valence-electron chi connectivity index (χ0n) is 42.3. The molecule has 0 saturated carbocycles. The maximum Gasteiger partial charge on any atom is 3.00 e. The van der Waals surface area contributed by atoms with E-state index >= 15 is 0 Å². The molecular weight excluding hydrogens is 1180 g/mol. The van der Waals surface area contributed by atoms with E-state index < -0.39 is 42.4 Å². The number of benzene rings is 4. The molecule has 0 aliphatic heterocycles. The quantitative estimate of drug-likeness (QED) is 0.0643. The molecule has 0 spiro atoms. The van der Waals surface area contributed by atoms with Gasteiger partial charge >= 0.3 is 34.1 Å². The number of sulfonamides is 1. The number of pyridine rings is 3. The minimum Gasteiger partial charge on any atom is -0.872 e. The van der Waals surface area contributed by atoms with Crippen molar-refractivity contribution in [3.8, 4) is 5.75 Å². The number of aromatic nitrogens is 3. The summed E-state index contributed by atoms with van der Waals surface area (Å²) in [6, 6.07) is 42.4. The smallest absolute Gasteiger partial charge is 0.872 e. The molecule has 26 heteroatoms. The van der Waals surface area contributed by atoms with Gasteiger partial charge < -0.3 is 29.6 Å². The minimum atomic E-state index is -4.94. The van der Waals surface area contributed by atoms with Crippen LogP contribution >= 0.6 is 0 Å². The number of carbonyl (C=O) groups excluding carboxylic acids is 2. The van der Waals surface area contributed by atoms with Gasteiger partial charge in [0.15, 0.2) is 0 Å². The summed E-state index contributed by atoms with van der Waals surface area (Å²) in [5.41, 5.74) is 8.76. The molecule has 0 aliphatic rings. The topological polar surface area (TPSA) is 381 Å². The van der Waals surface area contributed by atoms with Crippen LogP contribution < -0.4 is 52.6 Å². The van der Waals surface area contributed by atoms with E-state index in [1.807, 2.05) is 111 Å². The SMILES string of the molecule is Cc1ccc(S(=O)(=O)[N-]c2ccccc2CN(Cc2ccccn2)Cc2cc(C)cc(CN(Cc3ccccn3)Cc3ccccn3)c2[O-])cc1.O=C([O-])CCc1cccc(CCC(=O)[O-])c1.[Fe+3].[Fe+3].[O-][Cl+3]([O-])([O-])[O-].[O-][Cl+3]([O-])([O-])[O-]. The third-order valence-corrected chi connectivity index (χ3v) is 12.0. The van der Waals surface area contributed by atoms with E-state index in [4.69, 9.17) is 37.3 Å². The summed E-state index contributed by atoms with van der Waals surface area (Å²) in [4.78, 5) is 38.6. The van der Waals surface area contributed by atoms with Gasteiger partial charge in [-0.1, -0.05) is 108 Å². The molecule has 3 heterocycles. The molecule has 0 aliphatic carbocycles. The zero-order chi connectivity index (χ0) is 56.6. The van der Waals surface area contributed by atoms with E-state index in [0.29, 0.717) is 68.9 Å². The minimum absolute atomic E-state index is 0. The molecule has 0 fully saturated rings. The van der Waals surface area contributed by atoms with Gasteiger partial charge in [-0.3, -0.25) is 24.8 Å². The normalized spacial score (nSPS) is 11.0. The summed E-state index contributed by atoms with van der Waals surface area (Å²) in [6.45, 7) is 6.53. The number of carboxylic acids is 2. The second kappa shape index (κ2) is 34.2. The third kappa shape index (κ3) is 29.2. The van der Waals surface area contributed by atoms with Crippen LogP contribution in [0, 0.1) is 34.3 Å². The first-order valence-electron chi connectivity index (χ1n) is 23.1. The molecule has 0 saturated heterocycles. The third-order valence-electron chi connectivity index (χ3n) is 10.7. The molecule has 420 valence electrons. The number of aryl methyl sites for hydroxylation is 4. The fourth-order valence-corrected chi connectivity index (χ4v) is 8.47. The second-order valence-corrected chi connectivity index (χ2v) is 20.1. The summed E-state index contributed by atoms with van der Waals surface area (Å²) in [5, 5.41) is 34.8. The number of carboxylic acid groups (broad SMARTS) is 2. The van der Waals surface area contributed by atoms with Gasteiger partial charge in [0.1, 0.15) is 10.0 Å². The molecule has 0 atom stereocenters. The maximum absolute atomic E-state index is 14.2. The Morgan fingerprint density at radius 3 is 1.27 bits per heavy atom. The standard InChI is InChI=1S/C41H41N6O3S.C12H14O4.2ClHO4.2Fe/c1-31-16-18-39(19-17-31)51(49,50)45-40-15-4-3-11-33(40)25-46(28-36-12-5-8-20-42-36)26-34-23-32(2)24-35(41(34)48)27-47(29-37-13-6-9-21-43-37)30-38-14-7-10-22-44-38;13-11(14)6-4-9-2-1-3-10(8-9)5-7-12(15)16;2*2-1(3,4)5;;/h3-24,48H,25-30H2,1-2H3;1-3,8H,4-7H2,(H,13,14)(H,15,16);2*(H,2,3,4,5);;/q-1;;;;2*+3/p-5. The van der Waals surface area contributed by atoms with E-state index in [9.17, 15) is 33.3 Å². The van der Waals surface area contributed by atoms with E-state index in [1.165, 1.54) is 0 Å². The van der Waals surface area contributed by atoms with Crippen molar-refractivity contribution in [1.82, 2.24) is 24.8 Å². The number of halogens is 2. The maximum atomic E-state index is 14.2. The van der Waals surface area contributed by atoms with E-state index in [2.05, 4.69) is 29.5 Å². The Morgan fingerprint density at radius 2 is 0.873 bits per heavy atom. The molecule has 7 rings (SSSR count). The Bertz CT molecular complexity index is 2950. The van der Waals surface area contributed by atoms with Crippen LogP contribution in [0.3, 0.4) is 0 Å². The molecule has 7 aromatic rings. The molecule has 0 amide bonds. The first-order chi connectivity index (χ1) is 36.3. The van der Waals surface area contributed by atoms with Crippen LogP contribution in [0.2, 0.25) is 0 Å². The summed E-state index contributed by atoms with van der Waals surface area (Å²) >= 11 is 0. The van der Waals surface area contributed by atoms with Crippen LogP contribution in [0.15, 0.2) is 163 Å². The van der Waals surface area contributed by atoms with Gasteiger partial charge in [0.25, 0.3) is 0 Å². The van der Waals surface area contributed by atoms with Gasteiger partial charge in [0, 0.05) is 69.8 Å². The summed E-state index contributed by atoms with van der Waals surface area (Å²) in [5.74, 6) is -2.20. The first kappa shape index (κ1) is 69.1. The average Bonchev–Trinajstić information content (AvgIpc) is 3.35. The summed E-state index contributed by atoms with van der Waals surface area (Å²) < 4.78 is 98.9. The summed E-state index contributed by atoms with van der Waals surface area (Å²) in [7, 11) is -13.8. The number of nitrogens with zero attached hydrogens (tertiary/aromatic N) is 6. The van der Waals surface area contributed by atoms with Gasteiger partial charge in [-0.2, -0.15) is 0 Å². The molecule has 4 aromatic carbocycles.